The normalized spacial score (nSPS) is 21.6. The van der Waals surface area contributed by atoms with Crippen molar-refractivity contribution in [1.29, 1.82) is 0 Å². The molecule has 1 aliphatic rings. The van der Waals surface area contributed by atoms with E-state index in [1.807, 2.05) is 18.2 Å². The number of carbonyl (C=O) groups is 1. The molecule has 1 aromatic carbocycles. The molecule has 1 aliphatic carbocycles. The number of hydrogen-bond acceptors (Lipinski definition) is 6. The lowest BCUT2D eigenvalue weighted by molar-refractivity contribution is -0.122. The van der Waals surface area contributed by atoms with Crippen molar-refractivity contribution in [3.8, 4) is 22.9 Å². The number of amides is 1. The molecule has 1 amide bonds. The van der Waals surface area contributed by atoms with E-state index in [9.17, 15) is 4.79 Å². The van der Waals surface area contributed by atoms with Gasteiger partial charge in [-0.05, 0) is 42.9 Å². The number of carbonyl (C=O) groups excluding carboxylic acids is 1. The van der Waals surface area contributed by atoms with Crippen LogP contribution in [0.5, 0.6) is 11.5 Å². The third kappa shape index (κ3) is 5.28. The second-order valence-corrected chi connectivity index (χ2v) is 7.88. The molecule has 0 aliphatic heterocycles. The van der Waals surface area contributed by atoms with Crippen molar-refractivity contribution in [2.45, 2.75) is 58.4 Å². The van der Waals surface area contributed by atoms with Crippen LogP contribution in [0.3, 0.4) is 0 Å². The number of aryl methyl sites for hydroxylation is 1. The van der Waals surface area contributed by atoms with Gasteiger partial charge >= 0.3 is 0 Å². The maximum atomic E-state index is 12.3. The standard InChI is InChI=1S/C22H31N3O4/c1-14-7-5-8-17(15(14)2)23-20(26)9-6-10-21-24-22(25-29-21)16-11-12-18(27-3)19(13-16)28-4/h11-15,17H,5-10H2,1-4H3,(H,23,26). The molecule has 1 saturated carbocycles. The molecule has 1 N–H and O–H groups in total. The van der Waals surface area contributed by atoms with Crippen LogP contribution in [0, 0.1) is 11.8 Å². The number of aromatic nitrogens is 2. The molecular weight excluding hydrogens is 370 g/mol. The minimum absolute atomic E-state index is 0.107. The molecule has 1 fully saturated rings. The second-order valence-electron chi connectivity index (χ2n) is 7.88. The largest absolute Gasteiger partial charge is 0.493 e. The summed E-state index contributed by atoms with van der Waals surface area (Å²) >= 11 is 0. The van der Waals surface area contributed by atoms with E-state index >= 15 is 0 Å². The molecule has 2 aromatic rings. The summed E-state index contributed by atoms with van der Waals surface area (Å²) in [6.45, 7) is 4.51. The first-order valence-electron chi connectivity index (χ1n) is 10.4. The molecule has 0 spiro atoms. The van der Waals surface area contributed by atoms with Crippen molar-refractivity contribution in [1.82, 2.24) is 15.5 Å². The minimum Gasteiger partial charge on any atom is -0.493 e. The first kappa shape index (κ1) is 21.1. The molecule has 3 rings (SSSR count). The quantitative estimate of drug-likeness (QED) is 0.719. The number of hydrogen-bond donors (Lipinski definition) is 1. The highest BCUT2D eigenvalue weighted by atomic mass is 16.5. The molecule has 1 aromatic heterocycles. The first-order valence-corrected chi connectivity index (χ1v) is 10.4. The number of ether oxygens (including phenoxy) is 2. The van der Waals surface area contributed by atoms with Gasteiger partial charge in [-0.25, -0.2) is 0 Å². The van der Waals surface area contributed by atoms with Crippen molar-refractivity contribution in [3.63, 3.8) is 0 Å². The predicted molar refractivity (Wildman–Crippen MR) is 110 cm³/mol. The fourth-order valence-corrected chi connectivity index (χ4v) is 3.91. The third-order valence-electron chi connectivity index (χ3n) is 5.96. The van der Waals surface area contributed by atoms with Gasteiger partial charge in [-0.2, -0.15) is 4.98 Å². The topological polar surface area (TPSA) is 86.5 Å². The molecule has 7 heteroatoms. The summed E-state index contributed by atoms with van der Waals surface area (Å²) in [5.74, 6) is 3.59. The van der Waals surface area contributed by atoms with Crippen LogP contribution < -0.4 is 14.8 Å². The van der Waals surface area contributed by atoms with Gasteiger partial charge < -0.3 is 19.3 Å². The Morgan fingerprint density at radius 2 is 2.00 bits per heavy atom. The molecule has 0 radical (unpaired) electrons. The van der Waals surface area contributed by atoms with Crippen LogP contribution >= 0.6 is 0 Å². The average Bonchev–Trinajstić information content (AvgIpc) is 3.19. The Hall–Kier alpha value is -2.57. The van der Waals surface area contributed by atoms with Crippen LogP contribution in [-0.2, 0) is 11.2 Å². The molecule has 29 heavy (non-hydrogen) atoms. The van der Waals surface area contributed by atoms with Crippen molar-refractivity contribution in [2.24, 2.45) is 11.8 Å². The van der Waals surface area contributed by atoms with E-state index in [4.69, 9.17) is 14.0 Å². The van der Waals surface area contributed by atoms with E-state index in [0.29, 0.717) is 60.4 Å². The predicted octanol–water partition coefficient (Wildman–Crippen LogP) is 4.02. The summed E-state index contributed by atoms with van der Waals surface area (Å²) in [7, 11) is 3.18. The minimum atomic E-state index is 0.107. The Kier molecular flexibility index (Phi) is 7.12. The number of methoxy groups -OCH3 is 2. The van der Waals surface area contributed by atoms with Crippen LogP contribution in [0.1, 0.15) is 51.8 Å². The summed E-state index contributed by atoms with van der Waals surface area (Å²) in [6.07, 6.45) is 5.24. The van der Waals surface area contributed by atoms with Gasteiger partial charge in [0.1, 0.15) is 0 Å². The Morgan fingerprint density at radius 3 is 2.76 bits per heavy atom. The molecular formula is C22H31N3O4. The van der Waals surface area contributed by atoms with Crippen molar-refractivity contribution >= 4 is 5.91 Å². The summed E-state index contributed by atoms with van der Waals surface area (Å²) in [4.78, 5) is 16.7. The summed E-state index contributed by atoms with van der Waals surface area (Å²) in [5, 5.41) is 7.25. The van der Waals surface area contributed by atoms with E-state index in [2.05, 4.69) is 29.3 Å². The molecule has 1 heterocycles. The lowest BCUT2D eigenvalue weighted by Gasteiger charge is -2.34. The zero-order valence-corrected chi connectivity index (χ0v) is 17.7. The van der Waals surface area contributed by atoms with E-state index in [0.717, 1.165) is 12.0 Å². The van der Waals surface area contributed by atoms with Gasteiger partial charge in [-0.15, -0.1) is 0 Å². The van der Waals surface area contributed by atoms with Crippen molar-refractivity contribution < 1.29 is 18.8 Å². The Morgan fingerprint density at radius 1 is 1.21 bits per heavy atom. The molecule has 3 unspecified atom stereocenters. The number of nitrogens with zero attached hydrogens (tertiary/aromatic N) is 2. The molecule has 0 saturated heterocycles. The van der Waals surface area contributed by atoms with E-state index in [-0.39, 0.29) is 5.91 Å². The second kappa shape index (κ2) is 9.76. The van der Waals surface area contributed by atoms with Crippen LogP contribution in [0.15, 0.2) is 22.7 Å². The molecule has 3 atom stereocenters. The van der Waals surface area contributed by atoms with Gasteiger partial charge in [0.2, 0.25) is 17.6 Å². The van der Waals surface area contributed by atoms with Gasteiger partial charge in [0.15, 0.2) is 11.5 Å². The monoisotopic (exact) mass is 401 g/mol. The molecule has 158 valence electrons. The van der Waals surface area contributed by atoms with Crippen LogP contribution in [0.4, 0.5) is 0 Å². The Labute approximate surface area is 172 Å². The molecule has 7 nitrogen and oxygen atoms in total. The van der Waals surface area contributed by atoms with Gasteiger partial charge in [0.25, 0.3) is 0 Å². The first-order chi connectivity index (χ1) is 14.0. The number of nitrogens with one attached hydrogen (secondary N) is 1. The van der Waals surface area contributed by atoms with Gasteiger partial charge in [0.05, 0.1) is 14.2 Å². The van der Waals surface area contributed by atoms with Crippen LogP contribution in [0.2, 0.25) is 0 Å². The van der Waals surface area contributed by atoms with Crippen LogP contribution in [0.25, 0.3) is 11.4 Å². The number of rotatable bonds is 8. The smallest absolute Gasteiger partial charge is 0.226 e. The van der Waals surface area contributed by atoms with E-state index in [1.165, 1.54) is 12.8 Å². The molecule has 0 bridgehead atoms. The van der Waals surface area contributed by atoms with Gasteiger partial charge in [-0.3, -0.25) is 4.79 Å². The summed E-state index contributed by atoms with van der Waals surface area (Å²) < 4.78 is 15.9. The average molecular weight is 402 g/mol. The van der Waals surface area contributed by atoms with Gasteiger partial charge in [-0.1, -0.05) is 31.8 Å². The zero-order chi connectivity index (χ0) is 20.8. The third-order valence-corrected chi connectivity index (χ3v) is 5.96. The van der Waals surface area contributed by atoms with Crippen molar-refractivity contribution in [3.05, 3.63) is 24.1 Å². The maximum Gasteiger partial charge on any atom is 0.226 e. The SMILES string of the molecule is COc1ccc(-c2noc(CCCC(=O)NC3CCCC(C)C3C)n2)cc1OC. The number of benzene rings is 1. The Bertz CT molecular complexity index is 820. The van der Waals surface area contributed by atoms with E-state index in [1.54, 1.807) is 14.2 Å². The fourth-order valence-electron chi connectivity index (χ4n) is 3.91. The Balaban J connectivity index is 1.50. The zero-order valence-electron chi connectivity index (χ0n) is 17.7. The lowest BCUT2D eigenvalue weighted by atomic mass is 9.78. The van der Waals surface area contributed by atoms with Crippen LogP contribution in [-0.4, -0.2) is 36.3 Å². The highest BCUT2D eigenvalue weighted by molar-refractivity contribution is 5.76. The summed E-state index contributed by atoms with van der Waals surface area (Å²) in [5.41, 5.74) is 0.788. The van der Waals surface area contributed by atoms with E-state index < -0.39 is 0 Å². The highest BCUT2D eigenvalue weighted by Gasteiger charge is 2.27. The lowest BCUT2D eigenvalue weighted by Crippen LogP contribution is -2.43. The summed E-state index contributed by atoms with van der Waals surface area (Å²) in [6, 6.07) is 5.77. The maximum absolute atomic E-state index is 12.3. The fraction of sp³-hybridized carbons (Fsp3) is 0.591. The van der Waals surface area contributed by atoms with Crippen molar-refractivity contribution in [2.75, 3.05) is 14.2 Å². The highest BCUT2D eigenvalue weighted by Crippen LogP contribution is 2.31. The van der Waals surface area contributed by atoms with Gasteiger partial charge in [0, 0.05) is 24.4 Å².